The Balaban J connectivity index is 2.23. The van der Waals surface area contributed by atoms with Crippen molar-refractivity contribution >= 4 is 27.5 Å². The summed E-state index contributed by atoms with van der Waals surface area (Å²) in [6, 6.07) is 8.54. The first-order chi connectivity index (χ1) is 6.16. The molecule has 1 aliphatic rings. The lowest BCUT2D eigenvalue weighted by atomic mass is 10.1. The van der Waals surface area contributed by atoms with Gasteiger partial charge in [0.05, 0.1) is 4.87 Å². The van der Waals surface area contributed by atoms with Crippen molar-refractivity contribution < 1.29 is 0 Å². The van der Waals surface area contributed by atoms with Crippen LogP contribution < -0.4 is 0 Å². The minimum Gasteiger partial charge on any atom is -0.114 e. The molecule has 0 amide bonds. The Bertz CT molecular complexity index is 306. The van der Waals surface area contributed by atoms with E-state index in [0.717, 1.165) is 11.8 Å². The molecule has 0 heterocycles. The van der Waals surface area contributed by atoms with E-state index in [9.17, 15) is 0 Å². The lowest BCUT2D eigenvalue weighted by Gasteiger charge is -2.08. The molecule has 70 valence electrons. The van der Waals surface area contributed by atoms with Crippen molar-refractivity contribution in [3.63, 3.8) is 0 Å². The molecular weight excluding hydrogens is 247 g/mol. The Kier molecular flexibility index (Phi) is 2.41. The molecule has 0 nitrogen and oxygen atoms in total. The molecule has 1 aliphatic carbocycles. The van der Waals surface area contributed by atoms with Crippen LogP contribution in [0.2, 0.25) is 0 Å². The van der Waals surface area contributed by atoms with Gasteiger partial charge in [-0.15, -0.1) is 11.6 Å². The van der Waals surface area contributed by atoms with Crippen LogP contribution in [-0.2, 0) is 4.87 Å². The number of hydrogen-bond acceptors (Lipinski definition) is 0. The maximum Gasteiger partial charge on any atom is 0.0735 e. The van der Waals surface area contributed by atoms with Crippen molar-refractivity contribution in [2.45, 2.75) is 18.2 Å². The van der Waals surface area contributed by atoms with Crippen LogP contribution >= 0.6 is 27.5 Å². The highest BCUT2D eigenvalue weighted by Crippen LogP contribution is 2.58. The largest absolute Gasteiger partial charge is 0.114 e. The summed E-state index contributed by atoms with van der Waals surface area (Å²) in [6.45, 7) is 2.10. The third-order valence-corrected chi connectivity index (χ3v) is 4.21. The van der Waals surface area contributed by atoms with E-state index in [0.29, 0.717) is 5.92 Å². The predicted molar refractivity (Wildman–Crippen MR) is 60.6 cm³/mol. The van der Waals surface area contributed by atoms with Crippen molar-refractivity contribution in [1.29, 1.82) is 0 Å². The second-order valence-corrected chi connectivity index (χ2v) is 5.11. The van der Waals surface area contributed by atoms with Gasteiger partial charge in [0.1, 0.15) is 0 Å². The molecule has 2 heteroatoms. The molecule has 0 N–H and O–H groups in total. The van der Waals surface area contributed by atoms with Gasteiger partial charge in [0.2, 0.25) is 0 Å². The molecule has 0 aromatic heterocycles. The van der Waals surface area contributed by atoms with E-state index in [-0.39, 0.29) is 4.87 Å². The summed E-state index contributed by atoms with van der Waals surface area (Å²) in [5.41, 5.74) is 2.56. The molecule has 1 fully saturated rings. The summed E-state index contributed by atoms with van der Waals surface area (Å²) in [5.74, 6) is 0.608. The lowest BCUT2D eigenvalue weighted by molar-refractivity contribution is 0.871. The van der Waals surface area contributed by atoms with Gasteiger partial charge in [0.15, 0.2) is 0 Å². The van der Waals surface area contributed by atoms with E-state index in [1.807, 2.05) is 0 Å². The molecule has 0 radical (unpaired) electrons. The maximum absolute atomic E-state index is 6.46. The van der Waals surface area contributed by atoms with Crippen molar-refractivity contribution in [1.82, 2.24) is 0 Å². The zero-order chi connectivity index (χ0) is 9.47. The van der Waals surface area contributed by atoms with E-state index in [4.69, 9.17) is 11.6 Å². The molecule has 0 saturated heterocycles. The topological polar surface area (TPSA) is 0 Å². The number of aryl methyl sites for hydroxylation is 1. The maximum atomic E-state index is 6.46. The Morgan fingerprint density at radius 3 is 2.54 bits per heavy atom. The fourth-order valence-electron chi connectivity index (χ4n) is 1.66. The summed E-state index contributed by atoms with van der Waals surface area (Å²) in [4.78, 5) is -0.0722. The number of hydrogen-bond donors (Lipinski definition) is 0. The highest BCUT2D eigenvalue weighted by molar-refractivity contribution is 9.09. The molecular formula is C11H12BrCl. The van der Waals surface area contributed by atoms with Crippen LogP contribution in [0.15, 0.2) is 24.3 Å². The summed E-state index contributed by atoms with van der Waals surface area (Å²) < 4.78 is 0. The van der Waals surface area contributed by atoms with Crippen molar-refractivity contribution in [2.24, 2.45) is 5.92 Å². The molecule has 1 aromatic carbocycles. The number of halogens is 2. The summed E-state index contributed by atoms with van der Waals surface area (Å²) in [5, 5.41) is 1.00. The van der Waals surface area contributed by atoms with Gasteiger partial charge >= 0.3 is 0 Å². The molecule has 13 heavy (non-hydrogen) atoms. The smallest absolute Gasteiger partial charge is 0.0735 e. The third kappa shape index (κ3) is 1.64. The highest BCUT2D eigenvalue weighted by Gasteiger charge is 2.53. The Morgan fingerprint density at radius 2 is 2.08 bits per heavy atom. The van der Waals surface area contributed by atoms with Gasteiger partial charge in [0, 0.05) is 5.33 Å². The Labute approximate surface area is 92.4 Å². The average molecular weight is 260 g/mol. The lowest BCUT2D eigenvalue weighted by Crippen LogP contribution is -2.01. The quantitative estimate of drug-likeness (QED) is 0.708. The summed E-state index contributed by atoms with van der Waals surface area (Å²) >= 11 is 9.94. The van der Waals surface area contributed by atoms with E-state index < -0.39 is 0 Å². The SMILES string of the molecule is Cc1ccc(C2(Cl)CC2CBr)cc1. The van der Waals surface area contributed by atoms with Crippen LogP contribution in [0.1, 0.15) is 17.5 Å². The number of benzene rings is 1. The molecule has 2 rings (SSSR count). The molecule has 0 spiro atoms. The first-order valence-electron chi connectivity index (χ1n) is 4.49. The third-order valence-electron chi connectivity index (χ3n) is 2.75. The first kappa shape index (κ1) is 9.54. The van der Waals surface area contributed by atoms with E-state index in [2.05, 4.69) is 47.1 Å². The van der Waals surface area contributed by atoms with Crippen molar-refractivity contribution in [3.05, 3.63) is 35.4 Å². The minimum atomic E-state index is -0.0722. The van der Waals surface area contributed by atoms with Crippen LogP contribution in [0.4, 0.5) is 0 Å². The molecule has 0 bridgehead atoms. The van der Waals surface area contributed by atoms with Crippen LogP contribution in [0.25, 0.3) is 0 Å². The fraction of sp³-hybridized carbons (Fsp3) is 0.455. The average Bonchev–Trinajstić information content (AvgIpc) is 2.80. The van der Waals surface area contributed by atoms with Gasteiger partial charge in [-0.3, -0.25) is 0 Å². The number of alkyl halides is 2. The molecule has 1 aromatic rings. The van der Waals surface area contributed by atoms with Gasteiger partial charge in [-0.25, -0.2) is 0 Å². The predicted octanol–water partition coefficient (Wildman–Crippen LogP) is 3.84. The highest BCUT2D eigenvalue weighted by atomic mass is 79.9. The fourth-order valence-corrected chi connectivity index (χ4v) is 3.02. The molecule has 2 atom stereocenters. The van der Waals surface area contributed by atoms with Gasteiger partial charge < -0.3 is 0 Å². The second kappa shape index (κ2) is 3.29. The van der Waals surface area contributed by atoms with Crippen LogP contribution in [0.3, 0.4) is 0 Å². The molecule has 2 unspecified atom stereocenters. The van der Waals surface area contributed by atoms with Crippen LogP contribution in [-0.4, -0.2) is 5.33 Å². The van der Waals surface area contributed by atoms with Gasteiger partial charge in [-0.1, -0.05) is 45.8 Å². The normalized spacial score (nSPS) is 31.8. The van der Waals surface area contributed by atoms with Crippen LogP contribution in [0, 0.1) is 12.8 Å². The van der Waals surface area contributed by atoms with Crippen molar-refractivity contribution in [3.8, 4) is 0 Å². The van der Waals surface area contributed by atoms with Gasteiger partial charge in [-0.05, 0) is 24.8 Å². The second-order valence-electron chi connectivity index (χ2n) is 3.78. The zero-order valence-corrected chi connectivity index (χ0v) is 9.90. The summed E-state index contributed by atoms with van der Waals surface area (Å²) in [7, 11) is 0. The molecule has 1 saturated carbocycles. The Morgan fingerprint density at radius 1 is 1.46 bits per heavy atom. The molecule has 0 aliphatic heterocycles. The van der Waals surface area contributed by atoms with E-state index >= 15 is 0 Å². The van der Waals surface area contributed by atoms with Gasteiger partial charge in [0.25, 0.3) is 0 Å². The van der Waals surface area contributed by atoms with Crippen molar-refractivity contribution in [2.75, 3.05) is 5.33 Å². The standard InChI is InChI=1S/C11H12BrCl/c1-8-2-4-9(5-3-8)11(13)6-10(11)7-12/h2-5,10H,6-7H2,1H3. The van der Waals surface area contributed by atoms with E-state index in [1.54, 1.807) is 0 Å². The van der Waals surface area contributed by atoms with Crippen LogP contribution in [0.5, 0.6) is 0 Å². The Hall–Kier alpha value is -0.0100. The number of rotatable bonds is 2. The van der Waals surface area contributed by atoms with E-state index in [1.165, 1.54) is 11.1 Å². The summed E-state index contributed by atoms with van der Waals surface area (Å²) in [6.07, 6.45) is 1.10. The first-order valence-corrected chi connectivity index (χ1v) is 5.99. The minimum absolute atomic E-state index is 0.0722. The monoisotopic (exact) mass is 258 g/mol. The van der Waals surface area contributed by atoms with Gasteiger partial charge in [-0.2, -0.15) is 0 Å². The zero-order valence-electron chi connectivity index (χ0n) is 7.56.